The molecule has 4 aromatic rings. The Morgan fingerprint density at radius 3 is 1.70 bits per heavy atom. The van der Waals surface area contributed by atoms with Crippen LogP contribution in [0.5, 0.6) is 23.0 Å². The molecule has 0 heterocycles. The highest BCUT2D eigenvalue weighted by molar-refractivity contribution is 7.98. The van der Waals surface area contributed by atoms with Gasteiger partial charge in [-0.05, 0) is 113 Å². The molecule has 0 atom stereocenters. The van der Waals surface area contributed by atoms with Crippen LogP contribution in [0.1, 0.15) is 21.5 Å². The summed E-state index contributed by atoms with van der Waals surface area (Å²) in [6.45, 7) is 8.58. The molecule has 0 aromatic heterocycles. The molecule has 7 nitrogen and oxygen atoms in total. The van der Waals surface area contributed by atoms with Gasteiger partial charge in [0.15, 0.2) is 5.69 Å². The summed E-state index contributed by atoms with van der Waals surface area (Å²) >= 11 is 3.39. The van der Waals surface area contributed by atoms with Crippen LogP contribution in [0.15, 0.2) is 94.7 Å². The molecule has 4 rings (SSSR count). The summed E-state index contributed by atoms with van der Waals surface area (Å²) in [4.78, 5) is 21.3. The van der Waals surface area contributed by atoms with Crippen LogP contribution < -0.4 is 15.2 Å². The van der Waals surface area contributed by atoms with E-state index in [2.05, 4.69) is 9.74 Å². The van der Waals surface area contributed by atoms with Gasteiger partial charge < -0.3 is 25.0 Å². The van der Waals surface area contributed by atoms with Crippen LogP contribution in [0.4, 0.5) is 5.69 Å². The first-order chi connectivity index (χ1) is 20.6. The number of carbonyl (C=O) groups is 1. The molecule has 4 aromatic carbocycles. The van der Waals surface area contributed by atoms with Gasteiger partial charge in [-0.1, -0.05) is 12.1 Å². The fourth-order valence-corrected chi connectivity index (χ4v) is 4.83. The Morgan fingerprint density at radius 1 is 0.721 bits per heavy atom. The zero-order valence-electron chi connectivity index (χ0n) is 25.5. The van der Waals surface area contributed by atoms with Crippen molar-refractivity contribution in [3.05, 3.63) is 113 Å². The van der Waals surface area contributed by atoms with Crippen LogP contribution in [0.2, 0.25) is 0 Å². The lowest BCUT2D eigenvalue weighted by molar-refractivity contribution is 0.1000. The van der Waals surface area contributed by atoms with Crippen LogP contribution in [0.25, 0.3) is 4.85 Å². The maximum Gasteiger partial charge on any atom is 0.248 e. The minimum Gasteiger partial charge on any atom is -0.458 e. The molecule has 0 aliphatic carbocycles. The first-order valence-electron chi connectivity index (χ1n) is 13.5. The number of amides is 1. The maximum atomic E-state index is 11.3. The quantitative estimate of drug-likeness (QED) is 0.135. The van der Waals surface area contributed by atoms with Crippen LogP contribution in [-0.2, 0) is 13.1 Å². The minimum absolute atomic E-state index is 0.434. The van der Waals surface area contributed by atoms with Crippen molar-refractivity contribution in [1.29, 1.82) is 0 Å². The molecule has 0 aliphatic heterocycles. The summed E-state index contributed by atoms with van der Waals surface area (Å²) in [5, 5.41) is 0. The number of nitrogens with two attached hydrogens (primary N) is 1. The molecule has 0 radical (unpaired) electrons. The van der Waals surface area contributed by atoms with E-state index in [9.17, 15) is 4.79 Å². The monoisotopic (exact) mass is 614 g/mol. The second-order valence-corrected chi connectivity index (χ2v) is 11.9. The largest absolute Gasteiger partial charge is 0.458 e. The highest BCUT2D eigenvalue weighted by Crippen LogP contribution is 2.32. The van der Waals surface area contributed by atoms with E-state index in [4.69, 9.17) is 21.8 Å². The number of hydrogen-bond acceptors (Lipinski definition) is 7. The molecule has 0 bridgehead atoms. The van der Waals surface area contributed by atoms with E-state index in [1.165, 1.54) is 9.79 Å². The number of rotatable bonds is 11. The number of benzene rings is 4. The van der Waals surface area contributed by atoms with Gasteiger partial charge in [-0.15, -0.1) is 23.5 Å². The minimum atomic E-state index is -0.434. The average Bonchev–Trinajstić information content (AvgIpc) is 2.99. The van der Waals surface area contributed by atoms with E-state index in [1.807, 2.05) is 106 Å². The van der Waals surface area contributed by atoms with Gasteiger partial charge in [0.05, 0.1) is 6.57 Å². The van der Waals surface area contributed by atoms with Gasteiger partial charge >= 0.3 is 0 Å². The standard InChI is InChI=1S/C17H20N2O2S.C17H18N2OS/c1-19(2)11-13-10-12(17(18)20)4-9-16(13)21-14-5-7-15(22-3)8-6-14;1-18-14-6-5-13(12-19(2)3)17(11-14)20-15-7-9-16(21-4)10-8-15/h4-10H,11H2,1-3H3,(H2,18,20);5-11H,12H2,2-4H3. The highest BCUT2D eigenvalue weighted by Gasteiger charge is 2.11. The molecule has 0 fully saturated rings. The summed E-state index contributed by atoms with van der Waals surface area (Å²) in [5.41, 5.74) is 8.43. The SMILES string of the molecule is CSc1ccc(Oc2ccc(C(N)=O)cc2CN(C)C)cc1.[C-]#[N+]c1ccc(CN(C)C)c(Oc2ccc(SC)cc2)c1. The Morgan fingerprint density at radius 2 is 1.23 bits per heavy atom. The summed E-state index contributed by atoms with van der Waals surface area (Å²) in [6, 6.07) is 26.7. The second-order valence-electron chi connectivity index (χ2n) is 10.1. The number of nitrogens with zero attached hydrogens (tertiary/aromatic N) is 3. The summed E-state index contributed by atoms with van der Waals surface area (Å²) in [7, 11) is 7.96. The Hall–Kier alpha value is -3.94. The predicted molar refractivity (Wildman–Crippen MR) is 179 cm³/mol. The number of thioether (sulfide) groups is 2. The molecule has 1 amide bonds. The molecule has 224 valence electrons. The summed E-state index contributed by atoms with van der Waals surface area (Å²) in [6.07, 6.45) is 4.08. The zero-order valence-corrected chi connectivity index (χ0v) is 27.1. The number of primary amides is 1. The number of ether oxygens (including phenoxy) is 2. The third kappa shape index (κ3) is 10.7. The maximum absolute atomic E-state index is 11.3. The second kappa shape index (κ2) is 16.6. The first kappa shape index (κ1) is 33.6. The van der Waals surface area contributed by atoms with Gasteiger partial charge in [-0.2, -0.15) is 0 Å². The molecule has 0 spiro atoms. The van der Waals surface area contributed by atoms with E-state index in [0.717, 1.165) is 40.7 Å². The molecule has 43 heavy (non-hydrogen) atoms. The molecule has 2 N–H and O–H groups in total. The van der Waals surface area contributed by atoms with Crippen molar-refractivity contribution in [1.82, 2.24) is 9.80 Å². The fourth-order valence-electron chi connectivity index (χ4n) is 4.02. The summed E-state index contributed by atoms with van der Waals surface area (Å²) < 4.78 is 11.9. The molecule has 0 unspecified atom stereocenters. The molecular weight excluding hydrogens is 577 g/mol. The Kier molecular flexibility index (Phi) is 13.0. The number of hydrogen-bond donors (Lipinski definition) is 1. The zero-order chi connectivity index (χ0) is 31.4. The molecule has 0 aliphatic rings. The van der Waals surface area contributed by atoms with E-state index in [0.29, 0.717) is 17.8 Å². The molecule has 0 saturated heterocycles. The van der Waals surface area contributed by atoms with Gasteiger partial charge in [0.1, 0.15) is 23.0 Å². The summed E-state index contributed by atoms with van der Waals surface area (Å²) in [5.74, 6) is 2.60. The van der Waals surface area contributed by atoms with Crippen LogP contribution in [0, 0.1) is 6.57 Å². The van der Waals surface area contributed by atoms with Crippen molar-refractivity contribution in [3.8, 4) is 23.0 Å². The van der Waals surface area contributed by atoms with Gasteiger partial charge in [-0.3, -0.25) is 4.79 Å². The van der Waals surface area contributed by atoms with Gasteiger partial charge in [-0.25, -0.2) is 4.85 Å². The molecule has 0 saturated carbocycles. The normalized spacial score (nSPS) is 10.6. The Labute approximate surface area is 263 Å². The van der Waals surface area contributed by atoms with Crippen molar-refractivity contribution < 1.29 is 14.3 Å². The van der Waals surface area contributed by atoms with Crippen molar-refractivity contribution in [2.24, 2.45) is 5.73 Å². The highest BCUT2D eigenvalue weighted by atomic mass is 32.2. The lowest BCUT2D eigenvalue weighted by atomic mass is 10.1. The van der Waals surface area contributed by atoms with Gasteiger partial charge in [0, 0.05) is 39.6 Å². The smallest absolute Gasteiger partial charge is 0.248 e. The Bertz CT molecular complexity index is 1530. The van der Waals surface area contributed by atoms with Crippen LogP contribution in [0.3, 0.4) is 0 Å². The number of carbonyl (C=O) groups excluding carboxylic acids is 1. The van der Waals surface area contributed by atoms with E-state index < -0.39 is 5.91 Å². The van der Waals surface area contributed by atoms with Crippen LogP contribution in [-0.4, -0.2) is 56.4 Å². The lowest BCUT2D eigenvalue weighted by Gasteiger charge is -2.16. The van der Waals surface area contributed by atoms with E-state index in [-0.39, 0.29) is 0 Å². The predicted octanol–water partition coefficient (Wildman–Crippen LogP) is 8.17. The third-order valence-electron chi connectivity index (χ3n) is 6.07. The van der Waals surface area contributed by atoms with E-state index in [1.54, 1.807) is 47.8 Å². The lowest BCUT2D eigenvalue weighted by Crippen LogP contribution is -2.14. The Balaban J connectivity index is 0.000000236. The molecule has 9 heteroatoms. The molecular formula is C34H38N4O3S2. The fraction of sp³-hybridized carbons (Fsp3) is 0.235. The van der Waals surface area contributed by atoms with Crippen LogP contribution >= 0.6 is 23.5 Å². The van der Waals surface area contributed by atoms with Gasteiger partial charge in [0.25, 0.3) is 0 Å². The van der Waals surface area contributed by atoms with Crippen molar-refractivity contribution in [3.63, 3.8) is 0 Å². The topological polar surface area (TPSA) is 72.4 Å². The van der Waals surface area contributed by atoms with Crippen molar-refractivity contribution >= 4 is 35.1 Å². The van der Waals surface area contributed by atoms with Gasteiger partial charge in [0.2, 0.25) is 5.91 Å². The van der Waals surface area contributed by atoms with Crippen molar-refractivity contribution in [2.75, 3.05) is 40.7 Å². The first-order valence-corrected chi connectivity index (χ1v) is 15.9. The van der Waals surface area contributed by atoms with Crippen molar-refractivity contribution in [2.45, 2.75) is 22.9 Å². The third-order valence-corrected chi connectivity index (χ3v) is 7.56. The van der Waals surface area contributed by atoms with E-state index >= 15 is 0 Å². The average molecular weight is 615 g/mol.